The predicted octanol–water partition coefficient (Wildman–Crippen LogP) is 0.663. The molecule has 0 bridgehead atoms. The molecule has 222 valence electrons. The lowest BCUT2D eigenvalue weighted by atomic mass is 9.54. The van der Waals surface area contributed by atoms with Gasteiger partial charge in [-0.1, -0.05) is 26.8 Å². The summed E-state index contributed by atoms with van der Waals surface area (Å²) in [5.74, 6) is -9.45. The Balaban J connectivity index is 1.86. The molecule has 3 aliphatic carbocycles. The summed E-state index contributed by atoms with van der Waals surface area (Å²) in [6, 6.07) is 0.904. The number of anilines is 1. The van der Waals surface area contributed by atoms with Gasteiger partial charge in [-0.15, -0.1) is 0 Å². The third-order valence-corrected chi connectivity index (χ3v) is 8.38. The molecule has 0 radical (unpaired) electrons. The number of nitrogens with two attached hydrogens (primary N) is 1. The van der Waals surface area contributed by atoms with Crippen LogP contribution in [0.25, 0.3) is 5.76 Å². The molecule has 0 heterocycles. The smallest absolute Gasteiger partial charge is 0.319 e. The van der Waals surface area contributed by atoms with Gasteiger partial charge in [0, 0.05) is 18.0 Å². The van der Waals surface area contributed by atoms with Gasteiger partial charge in [0.05, 0.1) is 29.3 Å². The number of phenolic OH excluding ortho intramolecular Hbond substituents is 1. The van der Waals surface area contributed by atoms with Crippen LogP contribution < -0.4 is 16.4 Å². The number of hydrogen-bond donors (Lipinski definition) is 8. The Bertz CT molecular complexity index is 1400. The summed E-state index contributed by atoms with van der Waals surface area (Å²) in [4.78, 5) is 53.0. The quantitative estimate of drug-likeness (QED) is 0.176. The van der Waals surface area contributed by atoms with Gasteiger partial charge in [0.1, 0.15) is 22.8 Å². The Morgan fingerprint density at radius 1 is 1.15 bits per heavy atom. The van der Waals surface area contributed by atoms with Gasteiger partial charge in [0.25, 0.3) is 5.91 Å². The normalized spacial score (nSPS) is 29.3. The van der Waals surface area contributed by atoms with Crippen LogP contribution in [0.2, 0.25) is 0 Å². The number of carbonyl (C=O) groups is 4. The molecule has 1 saturated carbocycles. The van der Waals surface area contributed by atoms with Crippen LogP contribution in [0.1, 0.15) is 44.2 Å². The zero-order valence-electron chi connectivity index (χ0n) is 23.4. The highest BCUT2D eigenvalue weighted by atomic mass is 16.4. The number of aliphatic hydroxyl groups excluding tert-OH is 3. The molecule has 1 fully saturated rings. The second-order valence-corrected chi connectivity index (χ2v) is 11.5. The van der Waals surface area contributed by atoms with E-state index in [0.29, 0.717) is 18.0 Å². The van der Waals surface area contributed by atoms with E-state index in [4.69, 9.17) is 5.73 Å². The summed E-state index contributed by atoms with van der Waals surface area (Å²) in [6.45, 7) is 6.01. The molecule has 6 atom stereocenters. The maximum absolute atomic E-state index is 14.0. The first-order valence-electron chi connectivity index (χ1n) is 13.3. The zero-order chi connectivity index (χ0) is 30.7. The summed E-state index contributed by atoms with van der Waals surface area (Å²) >= 11 is 0. The van der Waals surface area contributed by atoms with E-state index in [0.717, 1.165) is 6.42 Å². The molecule has 1 aromatic rings. The van der Waals surface area contributed by atoms with E-state index in [9.17, 15) is 44.7 Å². The minimum Gasteiger partial charge on any atom is -0.508 e. The van der Waals surface area contributed by atoms with Crippen molar-refractivity contribution >= 4 is 35.0 Å². The van der Waals surface area contributed by atoms with Gasteiger partial charge in [0.2, 0.25) is 5.78 Å². The largest absolute Gasteiger partial charge is 0.508 e. The summed E-state index contributed by atoms with van der Waals surface area (Å²) in [7, 11) is 2.88. The number of fused-ring (bicyclic) bond motifs is 3. The summed E-state index contributed by atoms with van der Waals surface area (Å²) in [6.07, 6.45) is -0.958. The molecule has 2 unspecified atom stereocenters. The number of carbonyl (C=O) groups excluding carboxylic acids is 4. The lowest BCUT2D eigenvalue weighted by Gasteiger charge is -2.53. The van der Waals surface area contributed by atoms with Crippen LogP contribution in [0, 0.1) is 17.8 Å². The van der Waals surface area contributed by atoms with Gasteiger partial charge in [0.15, 0.2) is 11.4 Å². The standard InChI is InChI=1S/C28H36N4O9/c1-10(2)8-9-30-27(40)31-13-7-6-12-11(3)14-16(21(34)15(12)20(13)33)24(37)28(41)18(22(14)35)19(32(4)5)23(36)17(25(28)38)26(29)39/h6-7,10-11,14,18-19,22,33-35,38,41H,8-9H2,1-5H3,(H2,29,39)(H2,30,31,40)/t11-,14?,18?,19-,22-,28-/m0/s1. The molecular weight excluding hydrogens is 536 g/mol. The number of benzene rings is 1. The van der Waals surface area contributed by atoms with Crippen LogP contribution in [0.15, 0.2) is 29.0 Å². The fourth-order valence-electron chi connectivity index (χ4n) is 6.36. The highest BCUT2D eigenvalue weighted by Gasteiger charge is 2.68. The number of urea groups is 1. The molecule has 0 aliphatic heterocycles. The second-order valence-electron chi connectivity index (χ2n) is 11.5. The average molecular weight is 573 g/mol. The molecule has 13 heteroatoms. The number of hydrogen-bond acceptors (Lipinski definition) is 10. The minimum atomic E-state index is -2.99. The fourth-order valence-corrected chi connectivity index (χ4v) is 6.36. The van der Waals surface area contributed by atoms with Gasteiger partial charge >= 0.3 is 6.03 Å². The van der Waals surface area contributed by atoms with Crippen molar-refractivity contribution in [3.05, 3.63) is 40.2 Å². The van der Waals surface area contributed by atoms with Crippen molar-refractivity contribution < 1.29 is 44.7 Å². The first-order valence-corrected chi connectivity index (χ1v) is 13.3. The summed E-state index contributed by atoms with van der Waals surface area (Å²) in [5, 5.41) is 61.9. The molecule has 3 amide bonds. The second kappa shape index (κ2) is 10.5. The number of Topliss-reactive ketones (excluding diaryl/α,β-unsaturated/α-hetero) is 2. The highest BCUT2D eigenvalue weighted by molar-refractivity contribution is 6.24. The van der Waals surface area contributed by atoms with Crippen molar-refractivity contribution in [3.63, 3.8) is 0 Å². The van der Waals surface area contributed by atoms with Crippen LogP contribution in [0.5, 0.6) is 5.75 Å². The van der Waals surface area contributed by atoms with Crippen LogP contribution in [-0.2, 0) is 14.4 Å². The van der Waals surface area contributed by atoms with Gasteiger partial charge in [-0.2, -0.15) is 0 Å². The van der Waals surface area contributed by atoms with E-state index in [2.05, 4.69) is 10.6 Å². The number of likely N-dealkylation sites (N-methyl/N-ethyl adjacent to an activating group) is 1. The molecule has 0 spiro atoms. The van der Waals surface area contributed by atoms with Gasteiger partial charge < -0.3 is 41.9 Å². The molecule has 41 heavy (non-hydrogen) atoms. The van der Waals surface area contributed by atoms with Gasteiger partial charge in [-0.3, -0.25) is 19.3 Å². The predicted molar refractivity (Wildman–Crippen MR) is 147 cm³/mol. The number of rotatable bonds is 6. The van der Waals surface area contributed by atoms with E-state index >= 15 is 0 Å². The van der Waals surface area contributed by atoms with Crippen molar-refractivity contribution in [2.45, 2.75) is 50.9 Å². The topological polar surface area (TPSA) is 223 Å². The molecule has 0 aromatic heterocycles. The van der Waals surface area contributed by atoms with Crippen molar-refractivity contribution in [1.82, 2.24) is 10.2 Å². The number of nitrogens with one attached hydrogen (secondary N) is 2. The third-order valence-electron chi connectivity index (χ3n) is 8.38. The van der Waals surface area contributed by atoms with Crippen molar-refractivity contribution in [1.29, 1.82) is 0 Å². The van der Waals surface area contributed by atoms with Crippen LogP contribution in [0.3, 0.4) is 0 Å². The van der Waals surface area contributed by atoms with E-state index in [1.165, 1.54) is 31.1 Å². The molecule has 9 N–H and O–H groups in total. The third kappa shape index (κ3) is 4.44. The van der Waals surface area contributed by atoms with Crippen LogP contribution >= 0.6 is 0 Å². The van der Waals surface area contributed by atoms with Crippen LogP contribution in [0.4, 0.5) is 10.5 Å². The van der Waals surface area contributed by atoms with Crippen molar-refractivity contribution in [3.8, 4) is 5.75 Å². The fraction of sp³-hybridized carbons (Fsp3) is 0.500. The number of amides is 3. The minimum absolute atomic E-state index is 0.0707. The summed E-state index contributed by atoms with van der Waals surface area (Å²) < 4.78 is 0. The lowest BCUT2D eigenvalue weighted by Crippen LogP contribution is -2.70. The number of aliphatic hydroxyl groups is 4. The number of primary amides is 1. The first kappa shape index (κ1) is 30.0. The molecule has 1 aromatic carbocycles. The summed E-state index contributed by atoms with van der Waals surface area (Å²) in [5.41, 5.74) is 0.891. The molecule has 13 nitrogen and oxygen atoms in total. The lowest BCUT2D eigenvalue weighted by molar-refractivity contribution is -0.169. The van der Waals surface area contributed by atoms with Crippen molar-refractivity contribution in [2.75, 3.05) is 26.0 Å². The van der Waals surface area contributed by atoms with E-state index in [1.54, 1.807) is 6.92 Å². The van der Waals surface area contributed by atoms with E-state index in [-0.39, 0.29) is 11.3 Å². The maximum atomic E-state index is 14.0. The van der Waals surface area contributed by atoms with Gasteiger partial charge in [-0.25, -0.2) is 4.79 Å². The number of ketones is 2. The van der Waals surface area contributed by atoms with Gasteiger partial charge in [-0.05, 0) is 44.0 Å². The Morgan fingerprint density at radius 2 is 1.78 bits per heavy atom. The Morgan fingerprint density at radius 3 is 2.34 bits per heavy atom. The number of phenols is 1. The average Bonchev–Trinajstić information content (AvgIpc) is 2.87. The molecule has 3 aliphatic rings. The Labute approximate surface area is 236 Å². The van der Waals surface area contributed by atoms with Crippen LogP contribution in [-0.4, -0.2) is 92.3 Å². The first-order chi connectivity index (χ1) is 19.1. The molecular formula is C28H36N4O9. The monoisotopic (exact) mass is 572 g/mol. The molecule has 0 saturated heterocycles. The highest BCUT2D eigenvalue weighted by Crippen LogP contribution is 2.56. The number of aromatic hydroxyl groups is 1. The van der Waals surface area contributed by atoms with E-state index in [1.807, 2.05) is 13.8 Å². The van der Waals surface area contributed by atoms with Crippen molar-refractivity contribution in [2.24, 2.45) is 23.5 Å². The SMILES string of the molecule is CC(C)CCNC(=O)Nc1ccc2c(c1O)C(O)=C1C(=O)[C@]3(O)C(O)=C(C(N)=O)C(=O)[C@@H](N(C)C)C3[C@@H](O)C1[C@H]2C. The van der Waals surface area contributed by atoms with E-state index < -0.39 is 87.4 Å². The zero-order valence-corrected chi connectivity index (χ0v) is 23.4. The maximum Gasteiger partial charge on any atom is 0.319 e. The number of nitrogens with zero attached hydrogens (tertiary/aromatic N) is 1. The molecule has 4 rings (SSSR count). The Kier molecular flexibility index (Phi) is 7.67. The Hall–Kier alpha value is -3.94.